The van der Waals surface area contributed by atoms with Crippen molar-refractivity contribution in [1.82, 2.24) is 10.6 Å². The Kier molecular flexibility index (Phi) is 2.89. The van der Waals surface area contributed by atoms with Gasteiger partial charge in [0, 0.05) is 12.1 Å². The molecule has 0 bridgehead atoms. The average molecular weight is 182 g/mol. The van der Waals surface area contributed by atoms with Crippen LogP contribution >= 0.6 is 0 Å². The first-order valence-electron chi connectivity index (χ1n) is 5.74. The Morgan fingerprint density at radius 2 is 2.08 bits per heavy atom. The van der Waals surface area contributed by atoms with Gasteiger partial charge >= 0.3 is 0 Å². The van der Waals surface area contributed by atoms with Gasteiger partial charge in [0.05, 0.1) is 0 Å². The minimum atomic E-state index is 0.755. The first-order chi connectivity index (χ1) is 6.27. The maximum atomic E-state index is 3.79. The summed E-state index contributed by atoms with van der Waals surface area (Å²) in [4.78, 5) is 0. The van der Waals surface area contributed by atoms with Crippen molar-refractivity contribution in [2.45, 2.75) is 45.2 Å². The van der Waals surface area contributed by atoms with Gasteiger partial charge in [0.1, 0.15) is 0 Å². The Morgan fingerprint density at radius 1 is 1.31 bits per heavy atom. The number of hydrogen-bond donors (Lipinski definition) is 2. The van der Waals surface area contributed by atoms with E-state index in [0.717, 1.165) is 23.9 Å². The van der Waals surface area contributed by atoms with Gasteiger partial charge in [0.25, 0.3) is 0 Å². The molecule has 0 radical (unpaired) electrons. The lowest BCUT2D eigenvalue weighted by Crippen LogP contribution is -2.49. The Hall–Kier alpha value is -0.0800. The van der Waals surface area contributed by atoms with Crippen LogP contribution in [0.3, 0.4) is 0 Å². The summed E-state index contributed by atoms with van der Waals surface area (Å²) >= 11 is 0. The van der Waals surface area contributed by atoms with Gasteiger partial charge in [-0.1, -0.05) is 6.92 Å². The van der Waals surface area contributed by atoms with Crippen molar-refractivity contribution < 1.29 is 0 Å². The van der Waals surface area contributed by atoms with Gasteiger partial charge in [-0.15, -0.1) is 0 Å². The van der Waals surface area contributed by atoms with Crippen LogP contribution in [-0.2, 0) is 0 Å². The zero-order valence-corrected chi connectivity index (χ0v) is 8.84. The minimum absolute atomic E-state index is 0.755. The van der Waals surface area contributed by atoms with E-state index in [1.807, 2.05) is 0 Å². The molecule has 2 rings (SSSR count). The Balaban J connectivity index is 1.77. The van der Waals surface area contributed by atoms with E-state index in [1.54, 1.807) is 0 Å². The molecule has 13 heavy (non-hydrogen) atoms. The van der Waals surface area contributed by atoms with Crippen LogP contribution in [-0.4, -0.2) is 25.2 Å². The number of piperidine rings is 1. The summed E-state index contributed by atoms with van der Waals surface area (Å²) in [6.07, 6.45) is 4.21. The van der Waals surface area contributed by atoms with Gasteiger partial charge < -0.3 is 10.6 Å². The second-order valence-corrected chi connectivity index (χ2v) is 4.87. The molecule has 2 nitrogen and oxygen atoms in total. The topological polar surface area (TPSA) is 24.1 Å². The van der Waals surface area contributed by atoms with E-state index in [0.29, 0.717) is 0 Å². The van der Waals surface area contributed by atoms with Gasteiger partial charge in [-0.05, 0) is 51.1 Å². The molecule has 1 saturated heterocycles. The zero-order valence-electron chi connectivity index (χ0n) is 8.84. The van der Waals surface area contributed by atoms with Crippen LogP contribution < -0.4 is 10.6 Å². The van der Waals surface area contributed by atoms with Gasteiger partial charge in [-0.25, -0.2) is 0 Å². The van der Waals surface area contributed by atoms with Crippen LogP contribution in [0.25, 0.3) is 0 Å². The van der Waals surface area contributed by atoms with E-state index in [9.17, 15) is 0 Å². The van der Waals surface area contributed by atoms with Gasteiger partial charge in [-0.2, -0.15) is 0 Å². The molecular weight excluding hydrogens is 160 g/mol. The standard InChI is InChI=1S/C11H22N2/c1-8-7-12-6-5-11(8)13-9(2)10-3-4-10/h8-13H,3-7H2,1-2H3. The molecule has 0 aromatic rings. The molecule has 76 valence electrons. The van der Waals surface area contributed by atoms with E-state index in [1.165, 1.54) is 32.4 Å². The largest absolute Gasteiger partial charge is 0.316 e. The molecule has 0 aromatic carbocycles. The van der Waals surface area contributed by atoms with Crippen LogP contribution in [0.2, 0.25) is 0 Å². The van der Waals surface area contributed by atoms with E-state index in [2.05, 4.69) is 24.5 Å². The van der Waals surface area contributed by atoms with Crippen molar-refractivity contribution in [2.24, 2.45) is 11.8 Å². The van der Waals surface area contributed by atoms with Crippen molar-refractivity contribution in [2.75, 3.05) is 13.1 Å². The number of nitrogens with one attached hydrogen (secondary N) is 2. The van der Waals surface area contributed by atoms with E-state index >= 15 is 0 Å². The van der Waals surface area contributed by atoms with Crippen LogP contribution in [0.5, 0.6) is 0 Å². The first-order valence-corrected chi connectivity index (χ1v) is 5.74. The lowest BCUT2D eigenvalue weighted by molar-refractivity contribution is 0.268. The molecular formula is C11H22N2. The van der Waals surface area contributed by atoms with Crippen LogP contribution in [0.4, 0.5) is 0 Å². The van der Waals surface area contributed by atoms with Crippen molar-refractivity contribution in [3.8, 4) is 0 Å². The average Bonchev–Trinajstić information content (AvgIpc) is 2.91. The highest BCUT2D eigenvalue weighted by Crippen LogP contribution is 2.33. The molecule has 1 aliphatic carbocycles. The smallest absolute Gasteiger partial charge is 0.0119 e. The molecule has 0 aromatic heterocycles. The summed E-state index contributed by atoms with van der Waals surface area (Å²) in [7, 11) is 0. The van der Waals surface area contributed by atoms with Crippen LogP contribution in [0.1, 0.15) is 33.1 Å². The fraction of sp³-hybridized carbons (Fsp3) is 1.00. The highest BCUT2D eigenvalue weighted by atomic mass is 15.0. The third-order valence-electron chi connectivity index (χ3n) is 3.59. The van der Waals surface area contributed by atoms with E-state index in [4.69, 9.17) is 0 Å². The van der Waals surface area contributed by atoms with E-state index in [-0.39, 0.29) is 0 Å². The summed E-state index contributed by atoms with van der Waals surface area (Å²) < 4.78 is 0. The Labute approximate surface area is 81.5 Å². The molecule has 0 amide bonds. The summed E-state index contributed by atoms with van der Waals surface area (Å²) in [6, 6.07) is 1.52. The molecule has 3 unspecified atom stereocenters. The molecule has 1 heterocycles. The predicted molar refractivity (Wildman–Crippen MR) is 55.8 cm³/mol. The minimum Gasteiger partial charge on any atom is -0.316 e. The molecule has 1 aliphatic heterocycles. The summed E-state index contributed by atoms with van der Waals surface area (Å²) in [5, 5.41) is 7.23. The van der Waals surface area contributed by atoms with Gasteiger partial charge in [0.2, 0.25) is 0 Å². The van der Waals surface area contributed by atoms with Gasteiger partial charge in [-0.3, -0.25) is 0 Å². The van der Waals surface area contributed by atoms with Crippen molar-refractivity contribution in [3.63, 3.8) is 0 Å². The fourth-order valence-electron chi connectivity index (χ4n) is 2.33. The molecule has 2 aliphatic rings. The lowest BCUT2D eigenvalue weighted by atomic mass is 9.94. The highest BCUT2D eigenvalue weighted by Gasteiger charge is 2.31. The Morgan fingerprint density at radius 3 is 2.69 bits per heavy atom. The molecule has 3 atom stereocenters. The zero-order chi connectivity index (χ0) is 9.26. The normalized spacial score (nSPS) is 37.4. The Bertz CT molecular complexity index is 165. The monoisotopic (exact) mass is 182 g/mol. The molecule has 2 N–H and O–H groups in total. The SMILES string of the molecule is CC1CNCCC1NC(C)C1CC1. The van der Waals surface area contributed by atoms with Crippen LogP contribution in [0.15, 0.2) is 0 Å². The number of hydrogen-bond acceptors (Lipinski definition) is 2. The quantitative estimate of drug-likeness (QED) is 0.689. The summed E-state index contributed by atoms with van der Waals surface area (Å²) in [5.74, 6) is 1.79. The molecule has 2 heteroatoms. The third-order valence-corrected chi connectivity index (χ3v) is 3.59. The maximum Gasteiger partial charge on any atom is 0.0119 e. The second-order valence-electron chi connectivity index (χ2n) is 4.87. The summed E-state index contributed by atoms with van der Waals surface area (Å²) in [5.41, 5.74) is 0. The first kappa shape index (κ1) is 9.47. The number of rotatable bonds is 3. The van der Waals surface area contributed by atoms with Gasteiger partial charge in [0.15, 0.2) is 0 Å². The van der Waals surface area contributed by atoms with Crippen molar-refractivity contribution in [3.05, 3.63) is 0 Å². The molecule has 0 spiro atoms. The van der Waals surface area contributed by atoms with E-state index < -0.39 is 0 Å². The molecule has 2 fully saturated rings. The predicted octanol–water partition coefficient (Wildman–Crippen LogP) is 1.37. The van der Waals surface area contributed by atoms with Crippen LogP contribution in [0, 0.1) is 11.8 Å². The fourth-order valence-corrected chi connectivity index (χ4v) is 2.33. The second kappa shape index (κ2) is 3.97. The lowest BCUT2D eigenvalue weighted by Gasteiger charge is -2.32. The summed E-state index contributed by atoms with van der Waals surface area (Å²) in [6.45, 7) is 7.09. The van der Waals surface area contributed by atoms with Crippen molar-refractivity contribution >= 4 is 0 Å². The van der Waals surface area contributed by atoms with Crippen molar-refractivity contribution in [1.29, 1.82) is 0 Å². The third kappa shape index (κ3) is 2.44. The molecule has 1 saturated carbocycles. The highest BCUT2D eigenvalue weighted by molar-refractivity contribution is 4.88. The maximum absolute atomic E-state index is 3.79.